The minimum Gasteiger partial charge on any atom is -0.455 e. The van der Waals surface area contributed by atoms with Gasteiger partial charge in [-0.2, -0.15) is 0 Å². The average Bonchev–Trinajstić information content (AvgIpc) is 3.46. The van der Waals surface area contributed by atoms with Crippen LogP contribution in [0.4, 0.5) is 0 Å². The normalized spacial score (nSPS) is 13.1. The van der Waals surface area contributed by atoms with E-state index in [-0.39, 0.29) is 0 Å². The Morgan fingerprint density at radius 3 is 2.16 bits per heavy atom. The van der Waals surface area contributed by atoms with Crippen LogP contribution in [0.15, 0.2) is 144 Å². The Hall–Kier alpha value is -5.40. The minimum atomic E-state index is 0.913. The highest BCUT2D eigenvalue weighted by atomic mass is 16.3. The molecule has 0 unspecified atom stereocenters. The average molecular weight is 565 g/mol. The van der Waals surface area contributed by atoms with Crippen LogP contribution in [-0.4, -0.2) is 0 Å². The molecule has 0 saturated carbocycles. The van der Waals surface area contributed by atoms with Crippen molar-refractivity contribution in [1.82, 2.24) is 0 Å². The monoisotopic (exact) mass is 564 g/mol. The molecule has 0 saturated heterocycles. The van der Waals surface area contributed by atoms with E-state index in [4.69, 9.17) is 4.42 Å². The molecular weight excluding hydrogens is 532 g/mol. The van der Waals surface area contributed by atoms with E-state index in [0.29, 0.717) is 0 Å². The Kier molecular flexibility index (Phi) is 6.57. The number of furan rings is 1. The third-order valence-corrected chi connectivity index (χ3v) is 8.87. The summed E-state index contributed by atoms with van der Waals surface area (Å²) >= 11 is 0. The molecule has 210 valence electrons. The second-order valence-corrected chi connectivity index (χ2v) is 11.5. The van der Waals surface area contributed by atoms with Crippen molar-refractivity contribution in [2.24, 2.45) is 0 Å². The van der Waals surface area contributed by atoms with Crippen molar-refractivity contribution in [3.63, 3.8) is 0 Å². The maximum Gasteiger partial charge on any atom is 0.143 e. The van der Waals surface area contributed by atoms with E-state index >= 15 is 0 Å². The lowest BCUT2D eigenvalue weighted by atomic mass is 9.80. The summed E-state index contributed by atoms with van der Waals surface area (Å²) in [5, 5.41) is 4.90. The van der Waals surface area contributed by atoms with Crippen LogP contribution in [0.1, 0.15) is 30.0 Å². The molecular formula is C43H32O. The molecule has 1 aliphatic carbocycles. The van der Waals surface area contributed by atoms with Gasteiger partial charge in [-0.05, 0) is 87.2 Å². The van der Waals surface area contributed by atoms with E-state index in [9.17, 15) is 0 Å². The number of rotatable bonds is 5. The smallest absolute Gasteiger partial charge is 0.143 e. The molecule has 7 aromatic rings. The Bertz CT molecular complexity index is 2260. The first kappa shape index (κ1) is 26.2. The van der Waals surface area contributed by atoms with Gasteiger partial charge in [0.05, 0.1) is 0 Å². The lowest BCUT2D eigenvalue weighted by Crippen LogP contribution is -2.02. The van der Waals surface area contributed by atoms with E-state index in [1.54, 1.807) is 0 Å². The molecule has 0 radical (unpaired) electrons. The first-order chi connectivity index (χ1) is 21.8. The Labute approximate surface area is 258 Å². The molecule has 8 rings (SSSR count). The predicted molar refractivity (Wildman–Crippen MR) is 189 cm³/mol. The molecule has 6 aromatic carbocycles. The molecule has 1 heteroatoms. The molecule has 1 nitrogen and oxygen atoms in total. The molecule has 1 aromatic heterocycles. The van der Waals surface area contributed by atoms with Crippen molar-refractivity contribution >= 4 is 44.9 Å². The van der Waals surface area contributed by atoms with Crippen molar-refractivity contribution < 1.29 is 4.42 Å². The first-order valence-electron chi connectivity index (χ1n) is 15.4. The molecule has 0 aliphatic heterocycles. The highest BCUT2D eigenvalue weighted by Gasteiger charge is 2.21. The maximum absolute atomic E-state index is 6.47. The minimum absolute atomic E-state index is 0.913. The quantitative estimate of drug-likeness (QED) is 0.190. The largest absolute Gasteiger partial charge is 0.455 e. The molecule has 0 N–H and O–H groups in total. The van der Waals surface area contributed by atoms with E-state index < -0.39 is 0 Å². The summed E-state index contributed by atoms with van der Waals surface area (Å²) < 4.78 is 6.47. The van der Waals surface area contributed by atoms with Crippen LogP contribution in [-0.2, 0) is 6.42 Å². The second-order valence-electron chi connectivity index (χ2n) is 11.5. The van der Waals surface area contributed by atoms with Crippen LogP contribution in [0.3, 0.4) is 0 Å². The topological polar surface area (TPSA) is 13.1 Å². The molecule has 0 atom stereocenters. The van der Waals surface area contributed by atoms with Crippen molar-refractivity contribution in [1.29, 1.82) is 0 Å². The predicted octanol–water partition coefficient (Wildman–Crippen LogP) is 12.3. The van der Waals surface area contributed by atoms with Crippen LogP contribution < -0.4 is 0 Å². The Morgan fingerprint density at radius 2 is 1.34 bits per heavy atom. The standard InChI is InChI=1S/C43H32O/c1-2-3-5-13-29-22-27-40-39(28-29)38-21-12-20-33(43(38)44-40)30-23-25-32(26-24-30)42-36-18-10-8-16-34(36)41(31-14-6-4-7-15-31)35-17-9-11-19-37(35)42/h2-8,10-16,18-28H,9,17H2,1H3/b3-2-,13-5-. The molecule has 0 amide bonds. The summed E-state index contributed by atoms with van der Waals surface area (Å²) in [6.07, 6.45) is 15.1. The van der Waals surface area contributed by atoms with Crippen LogP contribution in [0.2, 0.25) is 0 Å². The fraction of sp³-hybridized carbons (Fsp3) is 0.0698. The highest BCUT2D eigenvalue weighted by molar-refractivity contribution is 6.11. The van der Waals surface area contributed by atoms with Gasteiger partial charge in [-0.25, -0.2) is 0 Å². The SMILES string of the molecule is C/C=C\C=C/c1ccc2oc3c(-c4ccc(-c5c6c(c(-c7ccccc7)c7ccccc57)CCC=C6)cc4)cccc3c2c1. The Morgan fingerprint density at radius 1 is 0.614 bits per heavy atom. The van der Waals surface area contributed by atoms with Gasteiger partial charge in [-0.1, -0.05) is 140 Å². The summed E-state index contributed by atoms with van der Waals surface area (Å²) in [5.41, 5.74) is 13.3. The zero-order chi connectivity index (χ0) is 29.5. The van der Waals surface area contributed by atoms with Gasteiger partial charge in [-0.15, -0.1) is 0 Å². The number of benzene rings is 6. The molecule has 1 aliphatic rings. The van der Waals surface area contributed by atoms with Crippen molar-refractivity contribution in [2.75, 3.05) is 0 Å². The molecule has 1 heterocycles. The summed E-state index contributed by atoms with van der Waals surface area (Å²) in [6.45, 7) is 2.03. The Balaban J connectivity index is 1.26. The number of hydrogen-bond acceptors (Lipinski definition) is 1. The van der Waals surface area contributed by atoms with Crippen LogP contribution in [0, 0.1) is 0 Å². The third kappa shape index (κ3) is 4.41. The summed E-state index contributed by atoms with van der Waals surface area (Å²) in [7, 11) is 0. The van der Waals surface area contributed by atoms with Gasteiger partial charge < -0.3 is 4.42 Å². The van der Waals surface area contributed by atoms with E-state index in [0.717, 1.165) is 51.5 Å². The zero-order valence-electron chi connectivity index (χ0n) is 24.8. The van der Waals surface area contributed by atoms with Gasteiger partial charge in [-0.3, -0.25) is 0 Å². The first-order valence-corrected chi connectivity index (χ1v) is 15.4. The number of fused-ring (bicyclic) bond motifs is 5. The summed E-state index contributed by atoms with van der Waals surface area (Å²) in [6, 6.07) is 41.7. The van der Waals surface area contributed by atoms with Crippen LogP contribution in [0.25, 0.3) is 78.2 Å². The van der Waals surface area contributed by atoms with Crippen LogP contribution >= 0.6 is 0 Å². The highest BCUT2D eigenvalue weighted by Crippen LogP contribution is 2.45. The van der Waals surface area contributed by atoms with Gasteiger partial charge in [0.2, 0.25) is 0 Å². The van der Waals surface area contributed by atoms with Crippen molar-refractivity contribution in [2.45, 2.75) is 19.8 Å². The molecule has 0 spiro atoms. The van der Waals surface area contributed by atoms with Gasteiger partial charge in [0.15, 0.2) is 0 Å². The van der Waals surface area contributed by atoms with Gasteiger partial charge in [0.1, 0.15) is 11.2 Å². The van der Waals surface area contributed by atoms with Crippen molar-refractivity contribution in [3.05, 3.63) is 156 Å². The lowest BCUT2D eigenvalue weighted by Gasteiger charge is -2.23. The third-order valence-electron chi connectivity index (χ3n) is 8.87. The fourth-order valence-electron chi connectivity index (χ4n) is 6.87. The number of para-hydroxylation sites is 1. The molecule has 0 bridgehead atoms. The second kappa shape index (κ2) is 11.0. The van der Waals surface area contributed by atoms with Gasteiger partial charge in [0, 0.05) is 16.3 Å². The number of hydrogen-bond donors (Lipinski definition) is 0. The summed E-state index contributed by atoms with van der Waals surface area (Å²) in [4.78, 5) is 0. The lowest BCUT2D eigenvalue weighted by molar-refractivity contribution is 0.670. The van der Waals surface area contributed by atoms with Gasteiger partial charge in [0.25, 0.3) is 0 Å². The number of allylic oxidation sites excluding steroid dienone is 4. The molecule has 44 heavy (non-hydrogen) atoms. The molecule has 0 fully saturated rings. The van der Waals surface area contributed by atoms with Gasteiger partial charge >= 0.3 is 0 Å². The summed E-state index contributed by atoms with van der Waals surface area (Å²) in [5.74, 6) is 0. The van der Waals surface area contributed by atoms with E-state index in [2.05, 4.69) is 140 Å². The fourth-order valence-corrected chi connectivity index (χ4v) is 6.87. The van der Waals surface area contributed by atoms with Crippen LogP contribution in [0.5, 0.6) is 0 Å². The maximum atomic E-state index is 6.47. The van der Waals surface area contributed by atoms with Crippen molar-refractivity contribution in [3.8, 4) is 33.4 Å². The van der Waals surface area contributed by atoms with E-state index in [1.807, 2.05) is 19.1 Å². The van der Waals surface area contributed by atoms with E-state index in [1.165, 1.54) is 44.2 Å². The zero-order valence-corrected chi connectivity index (χ0v) is 24.8.